The highest BCUT2D eigenvalue weighted by Crippen LogP contribution is 2.03. The number of hydrogen-bond acceptors (Lipinski definition) is 2. The van der Waals surface area contributed by atoms with E-state index >= 15 is 0 Å². The Hall–Kier alpha value is -2.35. The van der Waals surface area contributed by atoms with Crippen LogP contribution in [0.15, 0.2) is 73.0 Å². The van der Waals surface area contributed by atoms with Crippen molar-refractivity contribution in [2.24, 2.45) is 0 Å². The fraction of sp³-hybridized carbons (Fsp3) is 0.0625. The standard InChI is InChI=1S/C16H14O2/c17-16(15-11-5-2-6-12-15)18-13-7-10-14-8-3-1-4-9-14/h1-9,11-13H,10H2. The van der Waals surface area contributed by atoms with Crippen LogP contribution in [0, 0.1) is 0 Å². The molecule has 0 amide bonds. The molecular formula is C16H14O2. The molecule has 2 nitrogen and oxygen atoms in total. The van der Waals surface area contributed by atoms with Gasteiger partial charge in [0.1, 0.15) is 0 Å². The number of benzene rings is 2. The molecule has 0 saturated heterocycles. The molecular weight excluding hydrogens is 224 g/mol. The van der Waals surface area contributed by atoms with E-state index in [1.807, 2.05) is 54.6 Å². The van der Waals surface area contributed by atoms with Crippen molar-refractivity contribution >= 4 is 5.97 Å². The normalized spacial score (nSPS) is 10.4. The predicted molar refractivity (Wildman–Crippen MR) is 71.1 cm³/mol. The van der Waals surface area contributed by atoms with Crippen LogP contribution in [0.5, 0.6) is 0 Å². The Bertz CT molecular complexity index is 515. The van der Waals surface area contributed by atoms with E-state index in [2.05, 4.69) is 0 Å². The van der Waals surface area contributed by atoms with Crippen molar-refractivity contribution in [2.75, 3.05) is 0 Å². The van der Waals surface area contributed by atoms with Gasteiger partial charge in [-0.3, -0.25) is 0 Å². The Balaban J connectivity index is 1.83. The molecule has 2 heteroatoms. The highest BCUT2D eigenvalue weighted by molar-refractivity contribution is 5.89. The van der Waals surface area contributed by atoms with Gasteiger partial charge in [-0.25, -0.2) is 4.79 Å². The summed E-state index contributed by atoms with van der Waals surface area (Å²) in [5, 5.41) is 0. The number of carbonyl (C=O) groups is 1. The fourth-order valence-corrected chi connectivity index (χ4v) is 1.55. The molecule has 2 aromatic carbocycles. The van der Waals surface area contributed by atoms with Crippen molar-refractivity contribution in [3.05, 3.63) is 84.1 Å². The van der Waals surface area contributed by atoms with Gasteiger partial charge in [-0.2, -0.15) is 0 Å². The first-order valence-corrected chi connectivity index (χ1v) is 5.81. The minimum atomic E-state index is -0.333. The molecule has 0 aliphatic rings. The summed E-state index contributed by atoms with van der Waals surface area (Å²) >= 11 is 0. The minimum absolute atomic E-state index is 0.333. The predicted octanol–water partition coefficient (Wildman–Crippen LogP) is 3.60. The summed E-state index contributed by atoms with van der Waals surface area (Å²) in [4.78, 5) is 11.6. The summed E-state index contributed by atoms with van der Waals surface area (Å²) in [5.41, 5.74) is 1.74. The van der Waals surface area contributed by atoms with Crippen LogP contribution in [0.2, 0.25) is 0 Å². The summed E-state index contributed by atoms with van der Waals surface area (Å²) in [6, 6.07) is 18.9. The van der Waals surface area contributed by atoms with Crippen LogP contribution >= 0.6 is 0 Å². The van der Waals surface area contributed by atoms with Crippen molar-refractivity contribution in [3.63, 3.8) is 0 Å². The Morgan fingerprint density at radius 2 is 1.56 bits per heavy atom. The number of ether oxygens (including phenoxy) is 1. The smallest absolute Gasteiger partial charge is 0.342 e. The fourth-order valence-electron chi connectivity index (χ4n) is 1.55. The minimum Gasteiger partial charge on any atom is -0.431 e. The summed E-state index contributed by atoms with van der Waals surface area (Å²) in [5.74, 6) is -0.333. The van der Waals surface area contributed by atoms with E-state index in [0.29, 0.717) is 5.56 Å². The summed E-state index contributed by atoms with van der Waals surface area (Å²) in [6.45, 7) is 0. The average Bonchev–Trinajstić information content (AvgIpc) is 2.45. The Labute approximate surface area is 107 Å². The van der Waals surface area contributed by atoms with E-state index < -0.39 is 0 Å². The maximum absolute atomic E-state index is 11.6. The highest BCUT2D eigenvalue weighted by Gasteiger charge is 2.02. The molecule has 0 atom stereocenters. The molecule has 18 heavy (non-hydrogen) atoms. The van der Waals surface area contributed by atoms with E-state index in [1.54, 1.807) is 12.1 Å². The number of esters is 1. The van der Waals surface area contributed by atoms with Gasteiger partial charge in [0.25, 0.3) is 0 Å². The van der Waals surface area contributed by atoms with Gasteiger partial charge >= 0.3 is 5.97 Å². The van der Waals surface area contributed by atoms with Crippen LogP contribution in [0.25, 0.3) is 0 Å². The lowest BCUT2D eigenvalue weighted by Gasteiger charge is -1.98. The van der Waals surface area contributed by atoms with E-state index in [4.69, 9.17) is 4.74 Å². The number of rotatable bonds is 4. The lowest BCUT2D eigenvalue weighted by atomic mass is 10.1. The molecule has 0 saturated carbocycles. The second kappa shape index (κ2) is 6.40. The lowest BCUT2D eigenvalue weighted by Crippen LogP contribution is -1.99. The van der Waals surface area contributed by atoms with Crippen molar-refractivity contribution in [2.45, 2.75) is 6.42 Å². The maximum atomic E-state index is 11.6. The van der Waals surface area contributed by atoms with E-state index in [1.165, 1.54) is 11.8 Å². The van der Waals surface area contributed by atoms with Crippen molar-refractivity contribution in [1.82, 2.24) is 0 Å². The van der Waals surface area contributed by atoms with Gasteiger partial charge in [0.2, 0.25) is 0 Å². The van der Waals surface area contributed by atoms with Gasteiger partial charge < -0.3 is 4.74 Å². The Morgan fingerprint density at radius 1 is 0.944 bits per heavy atom. The molecule has 0 unspecified atom stereocenters. The van der Waals surface area contributed by atoms with Gasteiger partial charge in [-0.1, -0.05) is 48.5 Å². The number of carbonyl (C=O) groups excluding carboxylic acids is 1. The van der Waals surface area contributed by atoms with Crippen LogP contribution in [0.1, 0.15) is 15.9 Å². The zero-order chi connectivity index (χ0) is 12.6. The van der Waals surface area contributed by atoms with Gasteiger partial charge in [0.05, 0.1) is 11.8 Å². The van der Waals surface area contributed by atoms with Crippen molar-refractivity contribution in [3.8, 4) is 0 Å². The molecule has 2 rings (SSSR count). The van der Waals surface area contributed by atoms with Gasteiger partial charge in [0.15, 0.2) is 0 Å². The SMILES string of the molecule is O=C(OC=CCc1ccccc1)c1ccccc1. The second-order valence-electron chi connectivity index (χ2n) is 3.83. The van der Waals surface area contributed by atoms with E-state index in [9.17, 15) is 4.79 Å². The maximum Gasteiger partial charge on any atom is 0.342 e. The van der Waals surface area contributed by atoms with Crippen molar-refractivity contribution in [1.29, 1.82) is 0 Å². The molecule has 90 valence electrons. The molecule has 0 aliphatic carbocycles. The molecule has 0 fully saturated rings. The Kier molecular flexibility index (Phi) is 4.31. The topological polar surface area (TPSA) is 26.3 Å². The van der Waals surface area contributed by atoms with Crippen LogP contribution in [-0.2, 0) is 11.2 Å². The van der Waals surface area contributed by atoms with Crippen LogP contribution in [0.4, 0.5) is 0 Å². The summed E-state index contributed by atoms with van der Waals surface area (Å²) in [6.07, 6.45) is 4.03. The first-order valence-electron chi connectivity index (χ1n) is 5.81. The summed E-state index contributed by atoms with van der Waals surface area (Å²) in [7, 11) is 0. The molecule has 0 spiro atoms. The van der Waals surface area contributed by atoms with Crippen LogP contribution in [0.3, 0.4) is 0 Å². The lowest BCUT2D eigenvalue weighted by molar-refractivity contribution is 0.0662. The third-order valence-corrected chi connectivity index (χ3v) is 2.48. The monoisotopic (exact) mass is 238 g/mol. The quantitative estimate of drug-likeness (QED) is 0.601. The molecule has 0 aliphatic heterocycles. The van der Waals surface area contributed by atoms with Gasteiger partial charge in [-0.15, -0.1) is 0 Å². The number of allylic oxidation sites excluding steroid dienone is 1. The molecule has 0 heterocycles. The largest absolute Gasteiger partial charge is 0.431 e. The zero-order valence-electron chi connectivity index (χ0n) is 9.95. The second-order valence-corrected chi connectivity index (χ2v) is 3.83. The molecule has 0 radical (unpaired) electrons. The molecule has 2 aromatic rings. The van der Waals surface area contributed by atoms with Crippen molar-refractivity contribution < 1.29 is 9.53 Å². The molecule has 0 N–H and O–H groups in total. The molecule has 0 aromatic heterocycles. The van der Waals surface area contributed by atoms with Gasteiger partial charge in [-0.05, 0) is 30.2 Å². The average molecular weight is 238 g/mol. The number of hydrogen-bond donors (Lipinski definition) is 0. The first kappa shape index (κ1) is 12.1. The highest BCUT2D eigenvalue weighted by atomic mass is 16.5. The third kappa shape index (κ3) is 3.59. The van der Waals surface area contributed by atoms with E-state index in [0.717, 1.165) is 6.42 Å². The van der Waals surface area contributed by atoms with Gasteiger partial charge in [0, 0.05) is 0 Å². The van der Waals surface area contributed by atoms with Crippen LogP contribution < -0.4 is 0 Å². The zero-order valence-corrected chi connectivity index (χ0v) is 9.95. The first-order chi connectivity index (χ1) is 8.86. The van der Waals surface area contributed by atoms with E-state index in [-0.39, 0.29) is 5.97 Å². The Morgan fingerprint density at radius 3 is 2.22 bits per heavy atom. The molecule has 0 bridgehead atoms. The summed E-state index contributed by atoms with van der Waals surface area (Å²) < 4.78 is 5.03. The van der Waals surface area contributed by atoms with Crippen LogP contribution in [-0.4, -0.2) is 5.97 Å². The third-order valence-electron chi connectivity index (χ3n) is 2.48.